The molecule has 0 amide bonds. The smallest absolute Gasteiger partial charge is 0.0455 e. The number of nitrogens with zero attached hydrogens (tertiary/aromatic N) is 3. The molecular weight excluding hydrogens is 522 g/mol. The Morgan fingerprint density at radius 3 is 1.49 bits per heavy atom. The monoisotopic (exact) mass is 563 g/mol. The number of fused-ring (bicyclic) bond motifs is 4. The Kier molecular flexibility index (Phi) is 6.04. The fourth-order valence-electron chi connectivity index (χ4n) is 7.59. The van der Waals surface area contributed by atoms with Crippen molar-refractivity contribution < 1.29 is 0 Å². The number of para-hydroxylation sites is 2. The lowest BCUT2D eigenvalue weighted by molar-refractivity contribution is 0.629. The third kappa shape index (κ3) is 3.94. The summed E-state index contributed by atoms with van der Waals surface area (Å²) in [5, 5.41) is 0. The van der Waals surface area contributed by atoms with Crippen molar-refractivity contribution in [2.45, 2.75) is 38.5 Å². The molecule has 5 aromatic rings. The first-order valence-electron chi connectivity index (χ1n) is 15.3. The van der Waals surface area contributed by atoms with Gasteiger partial charge in [0.25, 0.3) is 0 Å². The molecule has 0 radical (unpaired) electrons. The summed E-state index contributed by atoms with van der Waals surface area (Å²) in [7, 11) is 8.69. The van der Waals surface area contributed by atoms with Gasteiger partial charge in [0, 0.05) is 73.0 Å². The van der Waals surface area contributed by atoms with Gasteiger partial charge in [0.1, 0.15) is 0 Å². The van der Waals surface area contributed by atoms with Crippen LogP contribution in [0, 0.1) is 0 Å². The highest BCUT2D eigenvalue weighted by Crippen LogP contribution is 2.52. The highest BCUT2D eigenvalue weighted by molar-refractivity contribution is 5.95. The molecule has 0 saturated heterocycles. The molecule has 0 fully saturated rings. The number of benzene rings is 5. The summed E-state index contributed by atoms with van der Waals surface area (Å²) in [5.41, 5.74) is 16.6. The lowest BCUT2D eigenvalue weighted by atomic mass is 9.73. The van der Waals surface area contributed by atoms with Crippen LogP contribution in [0.3, 0.4) is 0 Å². The van der Waals surface area contributed by atoms with Crippen LogP contribution in [0.5, 0.6) is 0 Å². The van der Waals surface area contributed by atoms with Crippen LogP contribution in [0.1, 0.15) is 49.9 Å². The zero-order valence-electron chi connectivity index (χ0n) is 26.7. The summed E-state index contributed by atoms with van der Waals surface area (Å²) in [6, 6.07) is 38.5. The van der Waals surface area contributed by atoms with Gasteiger partial charge in [-0.1, -0.05) is 100 Å². The molecule has 7 rings (SSSR count). The highest BCUT2D eigenvalue weighted by Gasteiger charge is 2.36. The molecule has 0 saturated carbocycles. The van der Waals surface area contributed by atoms with Gasteiger partial charge in [-0.05, 0) is 69.3 Å². The minimum Gasteiger partial charge on any atom is -0.377 e. The average molecular weight is 564 g/mol. The summed E-state index contributed by atoms with van der Waals surface area (Å²) < 4.78 is 0. The summed E-state index contributed by atoms with van der Waals surface area (Å²) in [5.74, 6) is 0. The first kappa shape index (κ1) is 27.3. The molecule has 2 aliphatic heterocycles. The quantitative estimate of drug-likeness (QED) is 0.216. The van der Waals surface area contributed by atoms with Crippen molar-refractivity contribution in [3.05, 3.63) is 125 Å². The normalized spacial score (nSPS) is 15.7. The van der Waals surface area contributed by atoms with Gasteiger partial charge in [0.05, 0.1) is 0 Å². The molecule has 2 heterocycles. The van der Waals surface area contributed by atoms with Crippen molar-refractivity contribution in [3.8, 4) is 22.3 Å². The molecule has 43 heavy (non-hydrogen) atoms. The maximum atomic E-state index is 2.41. The fourth-order valence-corrected chi connectivity index (χ4v) is 7.59. The standard InChI is InChI=1S/C40H41N3/c1-39(2)29-15-9-11-17-33(29)42(7)36-24-26(20-22-31(36)39)28-14-13-19-35(41(5)6)38(28)27-21-23-32-37(25-27)43(8)34-18-12-10-16-30(34)40(32,3)4/h9-25H,1-8H3. The van der Waals surface area contributed by atoms with Crippen LogP contribution in [0.15, 0.2) is 103 Å². The van der Waals surface area contributed by atoms with E-state index in [0.717, 1.165) is 0 Å². The third-order valence-corrected chi connectivity index (χ3v) is 10.1. The molecule has 0 spiro atoms. The van der Waals surface area contributed by atoms with Gasteiger partial charge in [0.15, 0.2) is 0 Å². The van der Waals surface area contributed by atoms with E-state index in [1.54, 1.807) is 0 Å². The van der Waals surface area contributed by atoms with Crippen LogP contribution in [-0.4, -0.2) is 28.2 Å². The molecule has 2 aliphatic rings. The van der Waals surface area contributed by atoms with Gasteiger partial charge < -0.3 is 14.7 Å². The van der Waals surface area contributed by atoms with Crippen LogP contribution in [-0.2, 0) is 10.8 Å². The number of hydrogen-bond acceptors (Lipinski definition) is 3. The molecular formula is C40H41N3. The minimum absolute atomic E-state index is 0.0720. The Hall–Kier alpha value is -4.50. The van der Waals surface area contributed by atoms with Crippen LogP contribution in [0.4, 0.5) is 28.4 Å². The van der Waals surface area contributed by atoms with Gasteiger partial charge in [-0.25, -0.2) is 0 Å². The molecule has 0 aromatic heterocycles. The van der Waals surface area contributed by atoms with Crippen molar-refractivity contribution in [1.29, 1.82) is 0 Å². The molecule has 0 N–H and O–H groups in total. The van der Waals surface area contributed by atoms with Gasteiger partial charge in [-0.3, -0.25) is 0 Å². The second-order valence-electron chi connectivity index (χ2n) is 13.5. The van der Waals surface area contributed by atoms with Gasteiger partial charge in [0.2, 0.25) is 0 Å². The van der Waals surface area contributed by atoms with Crippen LogP contribution in [0.2, 0.25) is 0 Å². The summed E-state index contributed by atoms with van der Waals surface area (Å²) in [6.07, 6.45) is 0. The molecule has 5 aromatic carbocycles. The summed E-state index contributed by atoms with van der Waals surface area (Å²) >= 11 is 0. The summed E-state index contributed by atoms with van der Waals surface area (Å²) in [4.78, 5) is 6.97. The molecule has 0 unspecified atom stereocenters. The third-order valence-electron chi connectivity index (χ3n) is 10.1. The van der Waals surface area contributed by atoms with E-state index in [9.17, 15) is 0 Å². The van der Waals surface area contributed by atoms with Crippen LogP contribution < -0.4 is 14.7 Å². The Morgan fingerprint density at radius 2 is 0.953 bits per heavy atom. The maximum absolute atomic E-state index is 2.41. The van der Waals surface area contributed by atoms with E-state index in [1.807, 2.05) is 0 Å². The SMILES string of the molecule is CN(C)c1cccc(-c2ccc3c(c2)N(C)c2ccccc2C3(C)C)c1-c1ccc2c(c1)N(C)c1ccccc1C2(C)C. The van der Waals surface area contributed by atoms with E-state index < -0.39 is 0 Å². The van der Waals surface area contributed by atoms with Crippen molar-refractivity contribution in [2.24, 2.45) is 0 Å². The van der Waals surface area contributed by atoms with E-state index in [2.05, 4.69) is 174 Å². The van der Waals surface area contributed by atoms with Crippen molar-refractivity contribution in [3.63, 3.8) is 0 Å². The lowest BCUT2D eigenvalue weighted by Gasteiger charge is -2.41. The Morgan fingerprint density at radius 1 is 0.488 bits per heavy atom. The number of anilines is 5. The lowest BCUT2D eigenvalue weighted by Crippen LogP contribution is -2.30. The maximum Gasteiger partial charge on any atom is 0.0455 e. The zero-order valence-corrected chi connectivity index (χ0v) is 26.7. The Balaban J connectivity index is 1.42. The molecule has 0 aliphatic carbocycles. The predicted molar refractivity (Wildman–Crippen MR) is 185 cm³/mol. The first-order valence-corrected chi connectivity index (χ1v) is 15.3. The van der Waals surface area contributed by atoms with E-state index >= 15 is 0 Å². The predicted octanol–water partition coefficient (Wildman–Crippen LogP) is 9.90. The highest BCUT2D eigenvalue weighted by atomic mass is 15.1. The van der Waals surface area contributed by atoms with E-state index in [1.165, 1.54) is 72.9 Å². The fraction of sp³-hybridized carbons (Fsp3) is 0.250. The topological polar surface area (TPSA) is 9.72 Å². The van der Waals surface area contributed by atoms with Gasteiger partial charge in [-0.15, -0.1) is 0 Å². The molecule has 0 bridgehead atoms. The molecule has 0 atom stereocenters. The van der Waals surface area contributed by atoms with E-state index in [-0.39, 0.29) is 10.8 Å². The minimum atomic E-state index is -0.0764. The van der Waals surface area contributed by atoms with E-state index in [0.29, 0.717) is 0 Å². The second-order valence-corrected chi connectivity index (χ2v) is 13.5. The van der Waals surface area contributed by atoms with Crippen molar-refractivity contribution in [2.75, 3.05) is 42.9 Å². The van der Waals surface area contributed by atoms with Crippen molar-refractivity contribution >= 4 is 28.4 Å². The van der Waals surface area contributed by atoms with Crippen LogP contribution >= 0.6 is 0 Å². The number of hydrogen-bond donors (Lipinski definition) is 0. The second kappa shape index (κ2) is 9.50. The van der Waals surface area contributed by atoms with Crippen molar-refractivity contribution in [1.82, 2.24) is 0 Å². The molecule has 3 heteroatoms. The van der Waals surface area contributed by atoms with Crippen LogP contribution in [0.25, 0.3) is 22.3 Å². The largest absolute Gasteiger partial charge is 0.377 e. The zero-order chi connectivity index (χ0) is 30.3. The Labute approximate surface area is 257 Å². The Bertz CT molecular complexity index is 1890. The summed E-state index contributed by atoms with van der Waals surface area (Å²) in [6.45, 7) is 9.39. The van der Waals surface area contributed by atoms with Gasteiger partial charge in [-0.2, -0.15) is 0 Å². The molecule has 216 valence electrons. The first-order chi connectivity index (χ1) is 20.5. The molecule has 3 nitrogen and oxygen atoms in total. The number of rotatable bonds is 3. The van der Waals surface area contributed by atoms with E-state index in [4.69, 9.17) is 0 Å². The average Bonchev–Trinajstić information content (AvgIpc) is 3.02. The van der Waals surface area contributed by atoms with Gasteiger partial charge >= 0.3 is 0 Å².